The Kier molecular flexibility index (Phi) is 7.57. The smallest absolute Gasteiger partial charge is 0.399 e. The molecule has 0 saturated heterocycles. The summed E-state index contributed by atoms with van der Waals surface area (Å²) in [6.45, 7) is 8.36. The van der Waals surface area contributed by atoms with E-state index in [1.807, 2.05) is 25.1 Å². The number of nitrogens with zero attached hydrogens (tertiary/aromatic N) is 3. The van der Waals surface area contributed by atoms with Gasteiger partial charge < -0.3 is 34.4 Å². The number of aryl methyl sites for hydroxylation is 1. The summed E-state index contributed by atoms with van der Waals surface area (Å²) in [4.78, 5) is 25.3. The van der Waals surface area contributed by atoms with E-state index in [9.17, 15) is 4.79 Å². The maximum absolute atomic E-state index is 12.8. The van der Waals surface area contributed by atoms with Crippen molar-refractivity contribution in [2.75, 3.05) is 38.0 Å². The number of amides is 1. The second-order valence-electron chi connectivity index (χ2n) is 8.38. The van der Waals surface area contributed by atoms with Gasteiger partial charge in [0.2, 0.25) is 17.7 Å². The highest BCUT2D eigenvalue weighted by Gasteiger charge is 2.22. The summed E-state index contributed by atoms with van der Waals surface area (Å²) >= 11 is 0. The lowest BCUT2D eigenvalue weighted by molar-refractivity contribution is 0.102. The molecule has 1 aromatic carbocycles. The van der Waals surface area contributed by atoms with Crippen molar-refractivity contribution in [1.29, 1.82) is 0 Å². The van der Waals surface area contributed by atoms with Gasteiger partial charge in [-0.15, -0.1) is 0 Å². The maximum Gasteiger partial charge on any atom is 0.399 e. The van der Waals surface area contributed by atoms with E-state index in [-0.39, 0.29) is 53.7 Å². The molecule has 3 rings (SSSR count). The Balaban J connectivity index is 1.80. The van der Waals surface area contributed by atoms with Gasteiger partial charge in [0, 0.05) is 6.54 Å². The van der Waals surface area contributed by atoms with Crippen molar-refractivity contribution in [3.63, 3.8) is 0 Å². The van der Waals surface area contributed by atoms with E-state index >= 15 is 0 Å². The molecular weight excluding hydrogens is 442 g/mol. The fourth-order valence-electron chi connectivity index (χ4n) is 2.93. The summed E-state index contributed by atoms with van der Waals surface area (Å²) in [7, 11) is 2.78. The van der Waals surface area contributed by atoms with Crippen LogP contribution in [-0.4, -0.2) is 53.3 Å². The first-order valence-corrected chi connectivity index (χ1v) is 10.6. The lowest BCUT2D eigenvalue weighted by Gasteiger charge is -2.20. The lowest BCUT2D eigenvalue weighted by Crippen LogP contribution is -2.16. The second kappa shape index (κ2) is 10.4. The fourth-order valence-corrected chi connectivity index (χ4v) is 2.93. The normalized spacial score (nSPS) is 11.1. The highest BCUT2D eigenvalue weighted by molar-refractivity contribution is 6.04. The minimum absolute atomic E-state index is 0.0220. The number of aromatic nitrogens is 3. The summed E-state index contributed by atoms with van der Waals surface area (Å²) in [5, 5.41) is 14.4. The van der Waals surface area contributed by atoms with Crippen LogP contribution in [0.3, 0.4) is 0 Å². The van der Waals surface area contributed by atoms with Crippen LogP contribution in [-0.2, 0) is 5.41 Å². The minimum atomic E-state index is -0.602. The van der Waals surface area contributed by atoms with Gasteiger partial charge in [0.05, 0.1) is 20.8 Å². The van der Waals surface area contributed by atoms with Crippen molar-refractivity contribution in [2.45, 2.75) is 33.1 Å². The molecule has 0 spiro atoms. The van der Waals surface area contributed by atoms with Crippen molar-refractivity contribution in [2.24, 2.45) is 0 Å². The monoisotopic (exact) mass is 471 g/mol. The van der Waals surface area contributed by atoms with Crippen LogP contribution in [0.15, 0.2) is 28.9 Å². The number of oxazole rings is 1. The first kappa shape index (κ1) is 24.8. The Bertz CT molecular complexity index is 1130. The number of methoxy groups -OCH3 is 2. The molecule has 182 valence electrons. The SMILES string of the molecule is COc1nc(NCCO)nc(OC)c1NC(=O)c1coc(Oc2cc(C(C)(C)C)ccc2C)n1. The first-order valence-electron chi connectivity index (χ1n) is 10.6. The zero-order valence-corrected chi connectivity index (χ0v) is 20.1. The molecule has 0 aliphatic rings. The maximum atomic E-state index is 12.8. The number of rotatable bonds is 9. The van der Waals surface area contributed by atoms with Crippen LogP contribution in [0.5, 0.6) is 23.6 Å². The molecule has 1 amide bonds. The minimum Gasteiger partial charge on any atom is -0.479 e. The molecule has 34 heavy (non-hydrogen) atoms. The van der Waals surface area contributed by atoms with Gasteiger partial charge in [-0.05, 0) is 29.5 Å². The third-order valence-corrected chi connectivity index (χ3v) is 4.83. The van der Waals surface area contributed by atoms with Gasteiger partial charge in [0.25, 0.3) is 5.91 Å². The number of benzene rings is 1. The Morgan fingerprint density at radius 2 is 1.79 bits per heavy atom. The van der Waals surface area contributed by atoms with E-state index in [1.54, 1.807) is 0 Å². The summed E-state index contributed by atoms with van der Waals surface area (Å²) in [6.07, 6.45) is 1.11. The molecule has 0 aliphatic carbocycles. The van der Waals surface area contributed by atoms with Gasteiger partial charge >= 0.3 is 6.08 Å². The number of carbonyl (C=O) groups is 1. The van der Waals surface area contributed by atoms with Gasteiger partial charge in [-0.25, -0.2) is 0 Å². The van der Waals surface area contributed by atoms with E-state index < -0.39 is 5.91 Å². The highest BCUT2D eigenvalue weighted by Crippen LogP contribution is 2.34. The molecule has 0 radical (unpaired) electrons. The third kappa shape index (κ3) is 5.73. The van der Waals surface area contributed by atoms with Gasteiger partial charge in [0.15, 0.2) is 11.4 Å². The number of anilines is 2. The number of hydrogen-bond donors (Lipinski definition) is 3. The van der Waals surface area contributed by atoms with E-state index in [2.05, 4.69) is 46.4 Å². The number of nitrogens with one attached hydrogen (secondary N) is 2. The molecule has 2 aromatic heterocycles. The van der Waals surface area contributed by atoms with Crippen LogP contribution in [0.25, 0.3) is 0 Å². The van der Waals surface area contributed by atoms with Crippen LogP contribution < -0.4 is 24.8 Å². The molecule has 3 aromatic rings. The van der Waals surface area contributed by atoms with E-state index in [4.69, 9.17) is 23.7 Å². The molecule has 0 saturated carbocycles. The number of hydrogen-bond acceptors (Lipinski definition) is 10. The fraction of sp³-hybridized carbons (Fsp3) is 0.391. The number of carbonyl (C=O) groups excluding carboxylic acids is 1. The Morgan fingerprint density at radius 1 is 1.12 bits per heavy atom. The standard InChI is InChI=1S/C23H29N5O6/c1-13-7-8-14(23(2,3)4)11-16(13)34-22-25-15(12-33-22)18(30)26-17-19(31-5)27-21(24-9-10-29)28-20(17)32-6/h7-8,11-12,29H,9-10H2,1-6H3,(H,26,30)(H,24,27,28). The zero-order valence-electron chi connectivity index (χ0n) is 20.1. The van der Waals surface area contributed by atoms with Crippen LogP contribution in [0, 0.1) is 6.92 Å². The average molecular weight is 472 g/mol. The van der Waals surface area contributed by atoms with Crippen LogP contribution in [0.1, 0.15) is 42.4 Å². The van der Waals surface area contributed by atoms with E-state index in [0.717, 1.165) is 11.1 Å². The Morgan fingerprint density at radius 3 is 2.38 bits per heavy atom. The van der Waals surface area contributed by atoms with Crippen LogP contribution >= 0.6 is 0 Å². The average Bonchev–Trinajstić information content (AvgIpc) is 3.27. The summed E-state index contributed by atoms with van der Waals surface area (Å²) in [6, 6.07) is 5.94. The van der Waals surface area contributed by atoms with Gasteiger partial charge in [-0.3, -0.25) is 4.79 Å². The molecule has 0 bridgehead atoms. The van der Waals surface area contributed by atoms with Crippen molar-refractivity contribution >= 4 is 17.5 Å². The molecule has 0 fully saturated rings. The summed E-state index contributed by atoms with van der Waals surface area (Å²) in [5.74, 6) is 0.287. The van der Waals surface area contributed by atoms with Crippen molar-refractivity contribution in [3.05, 3.63) is 41.3 Å². The molecule has 0 atom stereocenters. The topological polar surface area (TPSA) is 141 Å². The third-order valence-electron chi connectivity index (χ3n) is 4.83. The van der Waals surface area contributed by atoms with Gasteiger partial charge in [-0.2, -0.15) is 15.0 Å². The second-order valence-corrected chi connectivity index (χ2v) is 8.38. The molecule has 0 aliphatic heterocycles. The largest absolute Gasteiger partial charge is 0.479 e. The van der Waals surface area contributed by atoms with Crippen molar-refractivity contribution < 1.29 is 28.5 Å². The zero-order chi connectivity index (χ0) is 24.9. The number of ether oxygens (including phenoxy) is 3. The van der Waals surface area contributed by atoms with Gasteiger partial charge in [-0.1, -0.05) is 32.9 Å². The van der Waals surface area contributed by atoms with Crippen LogP contribution in [0.4, 0.5) is 11.6 Å². The van der Waals surface area contributed by atoms with Crippen molar-refractivity contribution in [1.82, 2.24) is 15.0 Å². The molecule has 0 unspecified atom stereocenters. The molecular formula is C23H29N5O6. The van der Waals surface area contributed by atoms with Crippen molar-refractivity contribution in [3.8, 4) is 23.6 Å². The first-order chi connectivity index (χ1) is 16.2. The highest BCUT2D eigenvalue weighted by atomic mass is 16.6. The molecule has 11 nitrogen and oxygen atoms in total. The summed E-state index contributed by atoms with van der Waals surface area (Å²) < 4.78 is 21.7. The lowest BCUT2D eigenvalue weighted by atomic mass is 9.86. The quantitative estimate of drug-likeness (QED) is 0.424. The molecule has 2 heterocycles. The predicted molar refractivity (Wildman–Crippen MR) is 125 cm³/mol. The Hall–Kier alpha value is -3.86. The Labute approximate surface area is 197 Å². The van der Waals surface area contributed by atoms with Crippen LogP contribution in [0.2, 0.25) is 0 Å². The number of aliphatic hydroxyl groups excluding tert-OH is 1. The van der Waals surface area contributed by atoms with E-state index in [0.29, 0.717) is 5.75 Å². The molecule has 3 N–H and O–H groups in total. The summed E-state index contributed by atoms with van der Waals surface area (Å²) in [5.41, 5.74) is 2.03. The predicted octanol–water partition coefficient (Wildman–Crippen LogP) is 3.54. The number of aliphatic hydroxyl groups is 1. The molecule has 11 heteroatoms. The van der Waals surface area contributed by atoms with Gasteiger partial charge in [0.1, 0.15) is 12.0 Å². The van der Waals surface area contributed by atoms with E-state index in [1.165, 1.54) is 20.5 Å².